The minimum atomic E-state index is -0.294. The molecule has 1 aromatic rings. The Hall–Kier alpha value is -0.970. The molecule has 0 atom stereocenters. The van der Waals surface area contributed by atoms with E-state index in [9.17, 15) is 4.79 Å². The van der Waals surface area contributed by atoms with E-state index in [1.54, 1.807) is 11.8 Å². The van der Waals surface area contributed by atoms with Crippen molar-refractivity contribution in [2.24, 2.45) is 0 Å². The van der Waals surface area contributed by atoms with Crippen LogP contribution in [0.1, 0.15) is 25.7 Å². The lowest BCUT2D eigenvalue weighted by atomic mass is 10.4. The van der Waals surface area contributed by atoms with Crippen molar-refractivity contribution < 1.29 is 5.11 Å². The summed E-state index contributed by atoms with van der Waals surface area (Å²) in [5.41, 5.74) is -0.294. The number of aromatic hydroxyl groups is 1. The van der Waals surface area contributed by atoms with Gasteiger partial charge in [0, 0.05) is 5.25 Å². The smallest absolute Gasteiger partial charge is 0.255 e. The van der Waals surface area contributed by atoms with Crippen LogP contribution in [0, 0.1) is 0 Å². The van der Waals surface area contributed by atoms with Gasteiger partial charge in [0.15, 0.2) is 5.16 Å². The number of aromatic nitrogens is 2. The maximum absolute atomic E-state index is 11.0. The second kappa shape index (κ2) is 4.04. The van der Waals surface area contributed by atoms with E-state index in [-0.39, 0.29) is 11.4 Å². The van der Waals surface area contributed by atoms with Crippen LogP contribution in [0.4, 0.5) is 0 Å². The normalized spacial score (nSPS) is 17.4. The predicted octanol–water partition coefficient (Wildman–Crippen LogP) is 1.51. The van der Waals surface area contributed by atoms with Crippen LogP contribution in [0.15, 0.2) is 16.0 Å². The van der Waals surface area contributed by atoms with Crippen molar-refractivity contribution >= 4 is 11.8 Å². The highest BCUT2D eigenvalue weighted by Crippen LogP contribution is 2.32. The number of H-pyrrole nitrogens is 1. The molecule has 4 nitrogen and oxygen atoms in total. The van der Waals surface area contributed by atoms with Gasteiger partial charge in [0.05, 0.1) is 6.07 Å². The molecule has 0 unspecified atom stereocenters. The number of nitrogens with zero attached hydrogens (tertiary/aromatic N) is 1. The Kier molecular flexibility index (Phi) is 2.77. The molecule has 5 heteroatoms. The minimum absolute atomic E-state index is 0.200. The topological polar surface area (TPSA) is 66.0 Å². The molecule has 0 spiro atoms. The van der Waals surface area contributed by atoms with E-state index in [2.05, 4.69) is 9.97 Å². The zero-order chi connectivity index (χ0) is 9.97. The molecule has 1 fully saturated rings. The highest BCUT2D eigenvalue weighted by molar-refractivity contribution is 7.99. The Morgan fingerprint density at radius 1 is 1.50 bits per heavy atom. The first-order valence-corrected chi connectivity index (χ1v) is 5.59. The highest BCUT2D eigenvalue weighted by atomic mass is 32.2. The first-order chi connectivity index (χ1) is 6.74. The second-order valence-electron chi connectivity index (χ2n) is 3.43. The Bertz CT molecular complexity index is 371. The lowest BCUT2D eigenvalue weighted by molar-refractivity contribution is 0.444. The third kappa shape index (κ3) is 2.29. The van der Waals surface area contributed by atoms with E-state index in [0.29, 0.717) is 10.4 Å². The molecule has 1 heterocycles. The van der Waals surface area contributed by atoms with Crippen molar-refractivity contribution in [2.75, 3.05) is 0 Å². The van der Waals surface area contributed by atoms with Gasteiger partial charge in [-0.25, -0.2) is 0 Å². The van der Waals surface area contributed by atoms with Crippen LogP contribution in [0.25, 0.3) is 0 Å². The lowest BCUT2D eigenvalue weighted by Gasteiger charge is -2.06. The summed E-state index contributed by atoms with van der Waals surface area (Å²) in [5.74, 6) is -0.200. The molecule has 1 aliphatic rings. The summed E-state index contributed by atoms with van der Waals surface area (Å²) < 4.78 is 0. The largest absolute Gasteiger partial charge is 0.493 e. The van der Waals surface area contributed by atoms with Crippen molar-refractivity contribution in [3.05, 3.63) is 16.4 Å². The second-order valence-corrected chi connectivity index (χ2v) is 4.72. The number of rotatable bonds is 2. The Labute approximate surface area is 85.8 Å². The Balaban J connectivity index is 2.11. The van der Waals surface area contributed by atoms with Gasteiger partial charge in [0.25, 0.3) is 5.56 Å². The quantitative estimate of drug-likeness (QED) is 0.729. The van der Waals surface area contributed by atoms with Gasteiger partial charge in [-0.2, -0.15) is 4.98 Å². The van der Waals surface area contributed by atoms with E-state index in [1.165, 1.54) is 25.7 Å². The SMILES string of the molecule is O=c1cc(O)nc(SC2CCCC2)[nH]1. The summed E-state index contributed by atoms with van der Waals surface area (Å²) >= 11 is 1.55. The van der Waals surface area contributed by atoms with Crippen molar-refractivity contribution in [3.63, 3.8) is 0 Å². The first kappa shape index (κ1) is 9.58. The number of hydrogen-bond donors (Lipinski definition) is 2. The van der Waals surface area contributed by atoms with Crippen LogP contribution in [-0.2, 0) is 0 Å². The third-order valence-electron chi connectivity index (χ3n) is 2.29. The fourth-order valence-electron chi connectivity index (χ4n) is 1.64. The summed E-state index contributed by atoms with van der Waals surface area (Å²) in [6.07, 6.45) is 4.84. The van der Waals surface area contributed by atoms with E-state index in [1.807, 2.05) is 0 Å². The Morgan fingerprint density at radius 3 is 2.86 bits per heavy atom. The van der Waals surface area contributed by atoms with E-state index in [4.69, 9.17) is 5.11 Å². The van der Waals surface area contributed by atoms with Gasteiger partial charge in [-0.1, -0.05) is 24.6 Å². The summed E-state index contributed by atoms with van der Waals surface area (Å²) in [5, 5.41) is 10.2. The summed E-state index contributed by atoms with van der Waals surface area (Å²) in [6, 6.07) is 1.08. The Morgan fingerprint density at radius 2 is 2.21 bits per heavy atom. The van der Waals surface area contributed by atoms with Gasteiger partial charge in [-0.05, 0) is 12.8 Å². The number of nitrogens with one attached hydrogen (secondary N) is 1. The fraction of sp³-hybridized carbons (Fsp3) is 0.556. The molecule has 1 aromatic heterocycles. The average Bonchev–Trinajstić information content (AvgIpc) is 2.54. The molecule has 0 saturated heterocycles. The van der Waals surface area contributed by atoms with Gasteiger partial charge < -0.3 is 10.1 Å². The molecule has 0 radical (unpaired) electrons. The molecule has 0 amide bonds. The molecular formula is C9H12N2O2S. The van der Waals surface area contributed by atoms with Gasteiger partial charge in [0.1, 0.15) is 0 Å². The van der Waals surface area contributed by atoms with E-state index >= 15 is 0 Å². The molecule has 1 aliphatic carbocycles. The number of aromatic amines is 1. The van der Waals surface area contributed by atoms with Crippen molar-refractivity contribution in [1.29, 1.82) is 0 Å². The molecule has 2 rings (SSSR count). The van der Waals surface area contributed by atoms with Crippen LogP contribution >= 0.6 is 11.8 Å². The minimum Gasteiger partial charge on any atom is -0.493 e. The molecule has 1 saturated carbocycles. The molecule has 0 aliphatic heterocycles. The molecule has 2 N–H and O–H groups in total. The maximum atomic E-state index is 11.0. The molecule has 0 aromatic carbocycles. The first-order valence-electron chi connectivity index (χ1n) is 4.71. The monoisotopic (exact) mass is 212 g/mol. The van der Waals surface area contributed by atoms with Crippen molar-refractivity contribution in [2.45, 2.75) is 36.1 Å². The van der Waals surface area contributed by atoms with E-state index in [0.717, 1.165) is 6.07 Å². The van der Waals surface area contributed by atoms with Gasteiger partial charge in [0.2, 0.25) is 5.88 Å². The van der Waals surface area contributed by atoms with Gasteiger partial charge in [-0.15, -0.1) is 0 Å². The van der Waals surface area contributed by atoms with Crippen molar-refractivity contribution in [3.8, 4) is 5.88 Å². The van der Waals surface area contributed by atoms with Crippen molar-refractivity contribution in [1.82, 2.24) is 9.97 Å². The van der Waals surface area contributed by atoms with Gasteiger partial charge in [-0.3, -0.25) is 4.79 Å². The van der Waals surface area contributed by atoms with Crippen LogP contribution in [-0.4, -0.2) is 20.3 Å². The van der Waals surface area contributed by atoms with Crippen LogP contribution < -0.4 is 5.56 Å². The molecule has 0 bridgehead atoms. The highest BCUT2D eigenvalue weighted by Gasteiger charge is 2.17. The zero-order valence-electron chi connectivity index (χ0n) is 7.69. The summed E-state index contributed by atoms with van der Waals surface area (Å²) in [6.45, 7) is 0. The molecule has 14 heavy (non-hydrogen) atoms. The zero-order valence-corrected chi connectivity index (χ0v) is 8.51. The lowest BCUT2D eigenvalue weighted by Crippen LogP contribution is -2.07. The third-order valence-corrected chi connectivity index (χ3v) is 3.51. The molecular weight excluding hydrogens is 200 g/mol. The molecule has 76 valence electrons. The average molecular weight is 212 g/mol. The maximum Gasteiger partial charge on any atom is 0.255 e. The van der Waals surface area contributed by atoms with E-state index < -0.39 is 0 Å². The van der Waals surface area contributed by atoms with Crippen LogP contribution in [0.2, 0.25) is 0 Å². The van der Waals surface area contributed by atoms with Crippen LogP contribution in [0.3, 0.4) is 0 Å². The standard InChI is InChI=1S/C9H12N2O2S/c12-7-5-8(13)11-9(10-7)14-6-3-1-2-4-6/h5-6H,1-4H2,(H2,10,11,12,13). The number of hydrogen-bond acceptors (Lipinski definition) is 4. The predicted molar refractivity (Wildman–Crippen MR) is 54.6 cm³/mol. The van der Waals surface area contributed by atoms with Gasteiger partial charge >= 0.3 is 0 Å². The number of thioether (sulfide) groups is 1. The summed E-state index contributed by atoms with van der Waals surface area (Å²) in [4.78, 5) is 17.5. The fourth-order valence-corrected chi connectivity index (χ4v) is 2.83. The summed E-state index contributed by atoms with van der Waals surface area (Å²) in [7, 11) is 0. The van der Waals surface area contributed by atoms with Crippen LogP contribution in [0.5, 0.6) is 5.88 Å².